The summed E-state index contributed by atoms with van der Waals surface area (Å²) in [6.45, 7) is 12.6. The zero-order valence-electron chi connectivity index (χ0n) is 30.2. The van der Waals surface area contributed by atoms with Gasteiger partial charge in [0.15, 0.2) is 5.71 Å². The maximum Gasteiger partial charge on any atom is 0.294 e. The maximum atomic E-state index is 12.3. The molecule has 0 bridgehead atoms. The second-order valence-electron chi connectivity index (χ2n) is 14.9. The van der Waals surface area contributed by atoms with Crippen LogP contribution in [0.5, 0.6) is 0 Å². The molecule has 0 saturated heterocycles. The number of carbonyl (C=O) groups excluding carboxylic acids is 1. The summed E-state index contributed by atoms with van der Waals surface area (Å²) in [5.74, 6) is -0.282. The summed E-state index contributed by atoms with van der Waals surface area (Å²) in [6.07, 6.45) is 12.8. The van der Waals surface area contributed by atoms with Gasteiger partial charge in [-0.3, -0.25) is 18.9 Å². The number of hydrazone groups is 1. The van der Waals surface area contributed by atoms with Gasteiger partial charge in [0.25, 0.3) is 20.2 Å². The Morgan fingerprint density at radius 2 is 1.67 bits per heavy atom. The van der Waals surface area contributed by atoms with E-state index in [0.717, 1.165) is 58.7 Å². The summed E-state index contributed by atoms with van der Waals surface area (Å²) in [5.41, 5.74) is 3.53. The van der Waals surface area contributed by atoms with E-state index < -0.39 is 25.7 Å². The summed E-state index contributed by atoms with van der Waals surface area (Å²) in [5, 5.41) is 9.39. The number of likely N-dealkylation sites (N-methyl/N-ethyl adjacent to an activating group) is 1. The van der Waals surface area contributed by atoms with E-state index >= 15 is 0 Å². The van der Waals surface area contributed by atoms with Gasteiger partial charge >= 0.3 is 0 Å². The van der Waals surface area contributed by atoms with Gasteiger partial charge in [0.2, 0.25) is 11.6 Å². The molecule has 3 N–H and O–H groups in total. The van der Waals surface area contributed by atoms with E-state index in [0.29, 0.717) is 26.1 Å². The largest absolute Gasteiger partial charge is 0.350 e. The van der Waals surface area contributed by atoms with E-state index in [9.17, 15) is 26.2 Å². The molecule has 0 fully saturated rings. The molecular formula is C35H55N5O7S2+2. The molecule has 1 aromatic rings. The van der Waals surface area contributed by atoms with Gasteiger partial charge < -0.3 is 9.80 Å². The number of nitrogens with one attached hydrogen (secondary N) is 1. The molecule has 14 heteroatoms. The molecular weight excluding hydrogens is 667 g/mol. The Morgan fingerprint density at radius 1 is 0.980 bits per heavy atom. The summed E-state index contributed by atoms with van der Waals surface area (Å²) in [6, 6.07) is 4.70. The molecule has 0 spiro atoms. The average molecular weight is 722 g/mol. The van der Waals surface area contributed by atoms with E-state index in [4.69, 9.17) is 4.55 Å². The van der Waals surface area contributed by atoms with Crippen molar-refractivity contribution >= 4 is 43.3 Å². The van der Waals surface area contributed by atoms with Crippen molar-refractivity contribution < 1.29 is 39.8 Å². The summed E-state index contributed by atoms with van der Waals surface area (Å²) < 4.78 is 68.2. The normalized spacial score (nSPS) is 18.6. The lowest BCUT2D eigenvalue weighted by atomic mass is 9.81. The van der Waals surface area contributed by atoms with Crippen LogP contribution in [0, 0.1) is 5.41 Å². The van der Waals surface area contributed by atoms with E-state index in [-0.39, 0.29) is 28.4 Å². The predicted molar refractivity (Wildman–Crippen MR) is 194 cm³/mol. The molecule has 0 saturated carbocycles. The van der Waals surface area contributed by atoms with Crippen molar-refractivity contribution in [1.82, 2.24) is 10.3 Å². The Bertz CT molecular complexity index is 1760. The fraction of sp³-hybridized carbons (Fsp3) is 0.571. The van der Waals surface area contributed by atoms with Crippen LogP contribution >= 0.6 is 0 Å². The highest BCUT2D eigenvalue weighted by atomic mass is 32.2. The molecule has 0 unspecified atom stereocenters. The van der Waals surface area contributed by atoms with Gasteiger partial charge in [0.05, 0.1) is 50.3 Å². The number of carbonyl (C=O) groups is 1. The number of benzene rings is 1. The average Bonchev–Trinajstić information content (AvgIpc) is 3.30. The van der Waals surface area contributed by atoms with Crippen molar-refractivity contribution in [2.75, 3.05) is 53.1 Å². The molecule has 1 amide bonds. The zero-order chi connectivity index (χ0) is 36.8. The molecule has 12 nitrogen and oxygen atoms in total. The molecule has 2 heterocycles. The highest BCUT2D eigenvalue weighted by Crippen LogP contribution is 2.41. The van der Waals surface area contributed by atoms with Crippen LogP contribution in [0.3, 0.4) is 0 Å². The number of hydrogen-bond acceptors (Lipinski definition) is 7. The quantitative estimate of drug-likeness (QED) is 0.0689. The van der Waals surface area contributed by atoms with Gasteiger partial charge in [-0.2, -0.15) is 26.5 Å². The SMILES string of the molecule is CC1=NN(CCCS(=O)(=O)O)/C(=C/C=C/C=C/C2=[N+](CCCCCC(=O)NCC[N+](C)(C)C)c3ccc(S(=O)(=O)O)cc3C2(C)C)C1(C)C. The van der Waals surface area contributed by atoms with Crippen LogP contribution in [0.4, 0.5) is 5.69 Å². The number of allylic oxidation sites excluding steroid dienone is 6. The van der Waals surface area contributed by atoms with Crippen molar-refractivity contribution in [3.05, 3.63) is 59.8 Å². The van der Waals surface area contributed by atoms with E-state index in [1.165, 1.54) is 6.07 Å². The number of fused-ring (bicyclic) bond motifs is 1. The molecule has 0 radical (unpaired) electrons. The number of quaternary nitrogens is 1. The number of nitrogens with zero attached hydrogens (tertiary/aromatic N) is 4. The second kappa shape index (κ2) is 15.8. The Labute approximate surface area is 293 Å². The summed E-state index contributed by atoms with van der Waals surface area (Å²) in [7, 11) is -2.17. The number of unbranched alkanes of at least 4 members (excludes halogenated alkanes) is 2. The fourth-order valence-electron chi connectivity index (χ4n) is 5.99. The Kier molecular flexibility index (Phi) is 13.0. The molecule has 272 valence electrons. The lowest BCUT2D eigenvalue weighted by Crippen LogP contribution is -2.41. The first-order valence-electron chi connectivity index (χ1n) is 16.7. The standard InChI is InChI=1S/C35H53N5O7S2/c1-27-34(2,3)32(39(37-27)23-15-25-48(42,43)44)17-12-9-11-16-31-35(4,5)29-26-28(49(45,46)47)19-20-30(29)38(31)22-14-10-13-18-33(41)36-21-24-40(6,7)8/h9,11-12,16-17,19-20,26H,10,13-15,18,21-25H2,1-8H3,(H-2,36,41,42,43,44,45,46,47)/p+2. The van der Waals surface area contributed by atoms with Gasteiger partial charge in [-0.15, -0.1) is 0 Å². The summed E-state index contributed by atoms with van der Waals surface area (Å²) >= 11 is 0. The minimum atomic E-state index is -4.38. The molecule has 3 rings (SSSR count). The van der Waals surface area contributed by atoms with Crippen LogP contribution in [-0.2, 0) is 30.4 Å². The van der Waals surface area contributed by atoms with Crippen LogP contribution in [-0.4, -0.2) is 110 Å². The van der Waals surface area contributed by atoms with Crippen molar-refractivity contribution in [3.8, 4) is 0 Å². The Hall–Kier alpha value is -3.17. The monoisotopic (exact) mass is 721 g/mol. The van der Waals surface area contributed by atoms with E-state index in [1.54, 1.807) is 17.1 Å². The molecule has 0 atom stereocenters. The molecule has 49 heavy (non-hydrogen) atoms. The van der Waals surface area contributed by atoms with Crippen LogP contribution < -0.4 is 5.32 Å². The van der Waals surface area contributed by atoms with Crippen molar-refractivity contribution in [1.29, 1.82) is 0 Å². The van der Waals surface area contributed by atoms with Gasteiger partial charge in [-0.05, 0) is 72.1 Å². The van der Waals surface area contributed by atoms with Gasteiger partial charge in [-0.25, -0.2) is 0 Å². The highest BCUT2D eigenvalue weighted by Gasteiger charge is 2.44. The topological polar surface area (TPSA) is 156 Å². The van der Waals surface area contributed by atoms with Crippen molar-refractivity contribution in [2.45, 2.75) is 77.0 Å². The lowest BCUT2D eigenvalue weighted by Gasteiger charge is -2.24. The molecule has 2 aliphatic rings. The third kappa shape index (κ3) is 11.2. The first-order valence-corrected chi connectivity index (χ1v) is 19.8. The second-order valence-corrected chi connectivity index (χ2v) is 17.9. The minimum Gasteiger partial charge on any atom is -0.350 e. The third-order valence-corrected chi connectivity index (χ3v) is 10.8. The fourth-order valence-corrected chi connectivity index (χ4v) is 7.00. The van der Waals surface area contributed by atoms with E-state index in [2.05, 4.69) is 50.0 Å². The first-order chi connectivity index (χ1) is 22.5. The predicted octanol–water partition coefficient (Wildman–Crippen LogP) is 4.68. The van der Waals surface area contributed by atoms with Crippen molar-refractivity contribution in [3.63, 3.8) is 0 Å². The number of hydrogen-bond donors (Lipinski definition) is 3. The zero-order valence-corrected chi connectivity index (χ0v) is 31.9. The lowest BCUT2D eigenvalue weighted by molar-refractivity contribution is -0.869. The Morgan fingerprint density at radius 3 is 2.31 bits per heavy atom. The van der Waals surface area contributed by atoms with Crippen LogP contribution in [0.2, 0.25) is 0 Å². The van der Waals surface area contributed by atoms with Crippen LogP contribution in [0.25, 0.3) is 0 Å². The van der Waals surface area contributed by atoms with Gasteiger partial charge in [0.1, 0.15) is 6.54 Å². The first kappa shape index (κ1) is 40.3. The minimum absolute atomic E-state index is 0.0553. The number of rotatable bonds is 17. The van der Waals surface area contributed by atoms with Gasteiger partial charge in [-0.1, -0.05) is 18.2 Å². The smallest absolute Gasteiger partial charge is 0.294 e. The summed E-state index contributed by atoms with van der Waals surface area (Å²) in [4.78, 5) is 12.2. The van der Waals surface area contributed by atoms with E-state index in [1.807, 2.05) is 51.2 Å². The number of amides is 1. The third-order valence-electron chi connectivity index (χ3n) is 9.15. The maximum absolute atomic E-state index is 12.3. The highest BCUT2D eigenvalue weighted by molar-refractivity contribution is 7.86. The molecule has 0 aliphatic carbocycles. The Balaban J connectivity index is 1.79. The van der Waals surface area contributed by atoms with Gasteiger partial charge in [0, 0.05) is 53.9 Å². The van der Waals surface area contributed by atoms with Crippen LogP contribution in [0.15, 0.2) is 64.3 Å². The van der Waals surface area contributed by atoms with Crippen molar-refractivity contribution in [2.24, 2.45) is 10.5 Å². The van der Waals surface area contributed by atoms with Crippen LogP contribution in [0.1, 0.15) is 72.3 Å². The molecule has 1 aromatic carbocycles. The molecule has 0 aromatic heterocycles. The molecule has 2 aliphatic heterocycles.